The zero-order valence-electron chi connectivity index (χ0n) is 12.6. The molecule has 21 heavy (non-hydrogen) atoms. The summed E-state index contributed by atoms with van der Waals surface area (Å²) < 4.78 is 11.1. The number of primary amides is 1. The maximum Gasteiger partial charge on any atom is 0.220 e. The molecule has 1 heterocycles. The van der Waals surface area contributed by atoms with Gasteiger partial charge >= 0.3 is 0 Å². The monoisotopic (exact) mass is 292 g/mol. The predicted molar refractivity (Wildman–Crippen MR) is 81.5 cm³/mol. The number of nitrogens with zero attached hydrogens (tertiary/aromatic N) is 1. The number of piperidine rings is 1. The van der Waals surface area contributed by atoms with Crippen molar-refractivity contribution in [2.24, 2.45) is 11.7 Å². The highest BCUT2D eigenvalue weighted by atomic mass is 16.5. The van der Waals surface area contributed by atoms with Crippen molar-refractivity contribution in [3.05, 3.63) is 24.3 Å². The van der Waals surface area contributed by atoms with Crippen LogP contribution in [0.15, 0.2) is 24.3 Å². The van der Waals surface area contributed by atoms with Gasteiger partial charge in [0.2, 0.25) is 5.91 Å². The van der Waals surface area contributed by atoms with Crippen molar-refractivity contribution in [1.29, 1.82) is 0 Å². The summed E-state index contributed by atoms with van der Waals surface area (Å²) in [4.78, 5) is 13.4. The molecule has 0 spiro atoms. The SMILES string of the molecule is CCOc1ccc(OCCN2CCC(C(N)=O)CC2)cc1. The van der Waals surface area contributed by atoms with E-state index in [2.05, 4.69) is 4.90 Å². The van der Waals surface area contributed by atoms with Gasteiger partial charge in [-0.2, -0.15) is 0 Å². The molecule has 0 bridgehead atoms. The number of likely N-dealkylation sites (tertiary alicyclic amines) is 1. The first-order chi connectivity index (χ1) is 10.2. The lowest BCUT2D eigenvalue weighted by Gasteiger charge is -2.30. The summed E-state index contributed by atoms with van der Waals surface area (Å²) in [6.07, 6.45) is 1.72. The fourth-order valence-electron chi connectivity index (χ4n) is 2.53. The quantitative estimate of drug-likeness (QED) is 0.830. The van der Waals surface area contributed by atoms with Gasteiger partial charge in [0.25, 0.3) is 0 Å². The zero-order valence-corrected chi connectivity index (χ0v) is 12.6. The molecular formula is C16H24N2O3. The molecule has 1 fully saturated rings. The van der Waals surface area contributed by atoms with Crippen molar-refractivity contribution in [2.45, 2.75) is 19.8 Å². The van der Waals surface area contributed by atoms with E-state index in [1.165, 1.54) is 0 Å². The van der Waals surface area contributed by atoms with Gasteiger partial charge in [-0.25, -0.2) is 0 Å². The van der Waals surface area contributed by atoms with Crippen LogP contribution in [0, 0.1) is 5.92 Å². The van der Waals surface area contributed by atoms with Crippen molar-refractivity contribution < 1.29 is 14.3 Å². The van der Waals surface area contributed by atoms with Gasteiger partial charge in [-0.05, 0) is 57.1 Å². The second-order valence-corrected chi connectivity index (χ2v) is 5.27. The van der Waals surface area contributed by atoms with Crippen molar-refractivity contribution in [3.63, 3.8) is 0 Å². The van der Waals surface area contributed by atoms with Crippen molar-refractivity contribution in [1.82, 2.24) is 4.90 Å². The Morgan fingerprint density at radius 3 is 2.29 bits per heavy atom. The molecule has 0 radical (unpaired) electrons. The molecule has 1 aromatic rings. The van der Waals surface area contributed by atoms with Crippen LogP contribution < -0.4 is 15.2 Å². The molecule has 1 amide bonds. The first-order valence-electron chi connectivity index (χ1n) is 7.56. The van der Waals surface area contributed by atoms with Gasteiger partial charge in [0.15, 0.2) is 0 Å². The zero-order chi connectivity index (χ0) is 15.1. The van der Waals surface area contributed by atoms with Crippen molar-refractivity contribution in [2.75, 3.05) is 32.8 Å². The van der Waals surface area contributed by atoms with Gasteiger partial charge in [-0.1, -0.05) is 0 Å². The number of nitrogens with two attached hydrogens (primary N) is 1. The normalized spacial score (nSPS) is 16.6. The highest BCUT2D eigenvalue weighted by molar-refractivity contribution is 5.76. The Labute approximate surface area is 126 Å². The summed E-state index contributed by atoms with van der Waals surface area (Å²) in [5.74, 6) is 1.59. The van der Waals surface area contributed by atoms with Gasteiger partial charge in [-0.3, -0.25) is 9.69 Å². The topological polar surface area (TPSA) is 64.8 Å². The van der Waals surface area contributed by atoms with Crippen LogP contribution >= 0.6 is 0 Å². The number of ether oxygens (including phenoxy) is 2. The molecule has 0 aliphatic carbocycles. The van der Waals surface area contributed by atoms with Crippen LogP contribution in [0.4, 0.5) is 0 Å². The van der Waals surface area contributed by atoms with Gasteiger partial charge in [0.05, 0.1) is 6.61 Å². The number of benzene rings is 1. The molecule has 116 valence electrons. The van der Waals surface area contributed by atoms with Crippen LogP contribution in [-0.2, 0) is 4.79 Å². The van der Waals surface area contributed by atoms with Crippen LogP contribution in [0.5, 0.6) is 11.5 Å². The fourth-order valence-corrected chi connectivity index (χ4v) is 2.53. The molecular weight excluding hydrogens is 268 g/mol. The minimum absolute atomic E-state index is 0.0493. The van der Waals surface area contributed by atoms with E-state index >= 15 is 0 Å². The second kappa shape index (κ2) is 7.88. The minimum atomic E-state index is -0.166. The van der Waals surface area contributed by atoms with Gasteiger partial charge in [0.1, 0.15) is 18.1 Å². The van der Waals surface area contributed by atoms with E-state index in [0.717, 1.165) is 44.0 Å². The molecule has 5 nitrogen and oxygen atoms in total. The van der Waals surface area contributed by atoms with E-state index in [1.54, 1.807) is 0 Å². The number of carbonyl (C=O) groups is 1. The molecule has 1 saturated heterocycles. The molecule has 1 aliphatic rings. The highest BCUT2D eigenvalue weighted by Gasteiger charge is 2.22. The number of carbonyl (C=O) groups excluding carboxylic acids is 1. The first kappa shape index (κ1) is 15.6. The summed E-state index contributed by atoms with van der Waals surface area (Å²) in [5.41, 5.74) is 5.33. The third-order valence-electron chi connectivity index (χ3n) is 3.80. The first-order valence-corrected chi connectivity index (χ1v) is 7.56. The largest absolute Gasteiger partial charge is 0.494 e. The summed E-state index contributed by atoms with van der Waals surface area (Å²) in [7, 11) is 0. The number of rotatable bonds is 7. The van der Waals surface area contributed by atoms with Crippen LogP contribution in [0.25, 0.3) is 0 Å². The molecule has 5 heteroatoms. The molecule has 0 aromatic heterocycles. The summed E-state index contributed by atoms with van der Waals surface area (Å²) >= 11 is 0. The highest BCUT2D eigenvalue weighted by Crippen LogP contribution is 2.18. The molecule has 1 aromatic carbocycles. The van der Waals surface area contributed by atoms with E-state index in [0.29, 0.717) is 13.2 Å². The van der Waals surface area contributed by atoms with E-state index in [1.807, 2.05) is 31.2 Å². The predicted octanol–water partition coefficient (Wildman–Crippen LogP) is 1.66. The van der Waals surface area contributed by atoms with Crippen LogP contribution in [0.3, 0.4) is 0 Å². The average molecular weight is 292 g/mol. The van der Waals surface area contributed by atoms with E-state index in [9.17, 15) is 4.79 Å². The van der Waals surface area contributed by atoms with Crippen molar-refractivity contribution >= 4 is 5.91 Å². The Bertz CT molecular complexity index is 439. The molecule has 2 rings (SSSR count). The lowest BCUT2D eigenvalue weighted by atomic mass is 9.96. The fraction of sp³-hybridized carbons (Fsp3) is 0.562. The van der Waals surface area contributed by atoms with Gasteiger partial charge < -0.3 is 15.2 Å². The van der Waals surface area contributed by atoms with Gasteiger partial charge in [-0.15, -0.1) is 0 Å². The van der Waals surface area contributed by atoms with E-state index < -0.39 is 0 Å². The molecule has 0 saturated carbocycles. The number of amides is 1. The maximum atomic E-state index is 11.1. The third-order valence-corrected chi connectivity index (χ3v) is 3.80. The van der Waals surface area contributed by atoms with Gasteiger partial charge in [0, 0.05) is 12.5 Å². The standard InChI is InChI=1S/C16H24N2O3/c1-2-20-14-3-5-15(6-4-14)21-12-11-18-9-7-13(8-10-18)16(17)19/h3-6,13H,2,7-12H2,1H3,(H2,17,19). The van der Waals surface area contributed by atoms with E-state index in [4.69, 9.17) is 15.2 Å². The smallest absolute Gasteiger partial charge is 0.220 e. The Morgan fingerprint density at radius 1 is 1.19 bits per heavy atom. The molecule has 0 atom stereocenters. The lowest BCUT2D eigenvalue weighted by Crippen LogP contribution is -2.40. The second-order valence-electron chi connectivity index (χ2n) is 5.27. The summed E-state index contributed by atoms with van der Waals surface area (Å²) in [6, 6.07) is 7.67. The van der Waals surface area contributed by atoms with E-state index in [-0.39, 0.29) is 11.8 Å². The Hall–Kier alpha value is -1.75. The van der Waals surface area contributed by atoms with Crippen LogP contribution in [0.2, 0.25) is 0 Å². The lowest BCUT2D eigenvalue weighted by molar-refractivity contribution is -0.123. The summed E-state index contributed by atoms with van der Waals surface area (Å²) in [6.45, 7) is 5.99. The van der Waals surface area contributed by atoms with Crippen LogP contribution in [-0.4, -0.2) is 43.7 Å². The molecule has 2 N–H and O–H groups in total. The average Bonchev–Trinajstić information content (AvgIpc) is 2.50. The maximum absolute atomic E-state index is 11.1. The van der Waals surface area contributed by atoms with Crippen LogP contribution in [0.1, 0.15) is 19.8 Å². The third kappa shape index (κ3) is 4.93. The number of hydrogen-bond donors (Lipinski definition) is 1. The molecule has 0 unspecified atom stereocenters. The minimum Gasteiger partial charge on any atom is -0.494 e. The number of hydrogen-bond acceptors (Lipinski definition) is 4. The van der Waals surface area contributed by atoms with Crippen molar-refractivity contribution in [3.8, 4) is 11.5 Å². The Morgan fingerprint density at radius 2 is 1.76 bits per heavy atom. The molecule has 1 aliphatic heterocycles. The Balaban J connectivity index is 1.66. The Kier molecular flexibility index (Phi) is 5.87. The summed E-state index contributed by atoms with van der Waals surface area (Å²) in [5, 5.41) is 0.